The third-order valence-electron chi connectivity index (χ3n) is 4.96. The highest BCUT2D eigenvalue weighted by Gasteiger charge is 2.24. The number of carbonyl (C=O) groups is 2. The van der Waals surface area contributed by atoms with Crippen LogP contribution in [0.5, 0.6) is 0 Å². The average molecular weight is 365 g/mol. The SMILES string of the molecule is CN(Cc1ccccc1)C(=O)CC(=O)N1CCN(Cc2ccccc2)CC1. The van der Waals surface area contributed by atoms with Gasteiger partial charge in [-0.25, -0.2) is 0 Å². The van der Waals surface area contributed by atoms with Gasteiger partial charge in [0.15, 0.2) is 0 Å². The Morgan fingerprint density at radius 1 is 0.852 bits per heavy atom. The molecular weight excluding hydrogens is 338 g/mol. The van der Waals surface area contributed by atoms with Gasteiger partial charge in [-0.15, -0.1) is 0 Å². The minimum absolute atomic E-state index is 0.0536. The zero-order chi connectivity index (χ0) is 19.1. The number of amides is 2. The van der Waals surface area contributed by atoms with Crippen LogP contribution in [0.2, 0.25) is 0 Å². The van der Waals surface area contributed by atoms with E-state index in [1.54, 1.807) is 11.9 Å². The molecule has 0 spiro atoms. The lowest BCUT2D eigenvalue weighted by Crippen LogP contribution is -2.49. The fourth-order valence-electron chi connectivity index (χ4n) is 3.32. The molecule has 3 rings (SSSR count). The van der Waals surface area contributed by atoms with Crippen molar-refractivity contribution in [3.63, 3.8) is 0 Å². The van der Waals surface area contributed by atoms with E-state index in [9.17, 15) is 9.59 Å². The molecule has 1 aliphatic heterocycles. The maximum Gasteiger partial charge on any atom is 0.232 e. The number of hydrogen-bond donors (Lipinski definition) is 0. The van der Waals surface area contributed by atoms with E-state index >= 15 is 0 Å². The van der Waals surface area contributed by atoms with E-state index in [1.165, 1.54) is 5.56 Å². The maximum atomic E-state index is 12.5. The molecule has 142 valence electrons. The molecule has 1 fully saturated rings. The van der Waals surface area contributed by atoms with Crippen LogP contribution in [0.15, 0.2) is 60.7 Å². The standard InChI is InChI=1S/C22H27N3O2/c1-23(17-19-8-4-2-5-9-19)21(26)16-22(27)25-14-12-24(13-15-25)18-20-10-6-3-7-11-20/h2-11H,12-18H2,1H3. The molecule has 0 N–H and O–H groups in total. The Morgan fingerprint density at radius 3 is 2.00 bits per heavy atom. The van der Waals surface area contributed by atoms with Crippen molar-refractivity contribution in [2.75, 3.05) is 33.2 Å². The van der Waals surface area contributed by atoms with Crippen LogP contribution in [0.1, 0.15) is 17.5 Å². The van der Waals surface area contributed by atoms with Gasteiger partial charge in [0.25, 0.3) is 0 Å². The van der Waals surface area contributed by atoms with Crippen LogP contribution in [0.3, 0.4) is 0 Å². The summed E-state index contributed by atoms with van der Waals surface area (Å²) in [7, 11) is 1.75. The Bertz CT molecular complexity index is 741. The molecular formula is C22H27N3O2. The Balaban J connectivity index is 1.43. The first-order chi connectivity index (χ1) is 13.1. The van der Waals surface area contributed by atoms with Crippen LogP contribution in [-0.2, 0) is 22.7 Å². The fourth-order valence-corrected chi connectivity index (χ4v) is 3.32. The maximum absolute atomic E-state index is 12.5. The molecule has 2 amide bonds. The number of piperazine rings is 1. The smallest absolute Gasteiger partial charge is 0.232 e. The van der Waals surface area contributed by atoms with E-state index in [0.717, 1.165) is 25.2 Å². The third kappa shape index (κ3) is 5.66. The van der Waals surface area contributed by atoms with Crippen molar-refractivity contribution in [3.8, 4) is 0 Å². The Hall–Kier alpha value is -2.66. The quantitative estimate of drug-likeness (QED) is 0.739. The first-order valence-corrected chi connectivity index (χ1v) is 9.44. The minimum atomic E-state index is -0.129. The van der Waals surface area contributed by atoms with Gasteiger partial charge in [-0.05, 0) is 11.1 Å². The van der Waals surface area contributed by atoms with Crippen LogP contribution < -0.4 is 0 Å². The zero-order valence-electron chi connectivity index (χ0n) is 15.9. The van der Waals surface area contributed by atoms with Crippen LogP contribution in [0.4, 0.5) is 0 Å². The number of carbonyl (C=O) groups excluding carboxylic acids is 2. The lowest BCUT2D eigenvalue weighted by Gasteiger charge is -2.35. The van der Waals surface area contributed by atoms with Crippen molar-refractivity contribution in [2.24, 2.45) is 0 Å². The van der Waals surface area contributed by atoms with E-state index in [0.29, 0.717) is 19.6 Å². The Kier molecular flexibility index (Phi) is 6.60. The molecule has 0 aliphatic carbocycles. The highest BCUT2D eigenvalue weighted by molar-refractivity contribution is 5.96. The summed E-state index contributed by atoms with van der Waals surface area (Å²) < 4.78 is 0. The molecule has 2 aromatic rings. The molecule has 1 saturated heterocycles. The minimum Gasteiger partial charge on any atom is -0.341 e. The Labute approximate surface area is 161 Å². The molecule has 5 heteroatoms. The van der Waals surface area contributed by atoms with Crippen LogP contribution in [0.25, 0.3) is 0 Å². The van der Waals surface area contributed by atoms with Crippen LogP contribution in [0, 0.1) is 0 Å². The summed E-state index contributed by atoms with van der Waals surface area (Å²) in [4.78, 5) is 30.7. The van der Waals surface area contributed by atoms with E-state index in [2.05, 4.69) is 17.0 Å². The van der Waals surface area contributed by atoms with Crippen molar-refractivity contribution < 1.29 is 9.59 Å². The van der Waals surface area contributed by atoms with Gasteiger partial charge in [-0.2, -0.15) is 0 Å². The summed E-state index contributed by atoms with van der Waals surface area (Å²) in [5, 5.41) is 0. The zero-order valence-corrected chi connectivity index (χ0v) is 15.9. The first-order valence-electron chi connectivity index (χ1n) is 9.44. The summed E-state index contributed by atoms with van der Waals surface area (Å²) in [5.41, 5.74) is 2.35. The monoisotopic (exact) mass is 365 g/mol. The summed E-state index contributed by atoms with van der Waals surface area (Å²) in [6.45, 7) is 4.48. The molecule has 5 nitrogen and oxygen atoms in total. The van der Waals surface area contributed by atoms with E-state index in [1.807, 2.05) is 53.4 Å². The van der Waals surface area contributed by atoms with Gasteiger partial charge in [-0.3, -0.25) is 14.5 Å². The molecule has 0 saturated carbocycles. The topological polar surface area (TPSA) is 43.9 Å². The van der Waals surface area contributed by atoms with Crippen LogP contribution >= 0.6 is 0 Å². The second-order valence-electron chi connectivity index (χ2n) is 7.05. The summed E-state index contributed by atoms with van der Waals surface area (Å²) in [5.74, 6) is -0.199. The second kappa shape index (κ2) is 9.33. The predicted octanol–water partition coefficient (Wildman–Crippen LogP) is 2.38. The number of rotatable bonds is 6. The van der Waals surface area contributed by atoms with Gasteiger partial charge in [0, 0.05) is 46.3 Å². The molecule has 27 heavy (non-hydrogen) atoms. The number of benzene rings is 2. The van der Waals surface area contributed by atoms with Crippen molar-refractivity contribution in [1.29, 1.82) is 0 Å². The summed E-state index contributed by atoms with van der Waals surface area (Å²) >= 11 is 0. The molecule has 0 bridgehead atoms. The van der Waals surface area contributed by atoms with Crippen molar-refractivity contribution in [1.82, 2.24) is 14.7 Å². The largest absolute Gasteiger partial charge is 0.341 e. The molecule has 0 radical (unpaired) electrons. The number of nitrogens with zero attached hydrogens (tertiary/aromatic N) is 3. The lowest BCUT2D eigenvalue weighted by atomic mass is 10.2. The fraction of sp³-hybridized carbons (Fsp3) is 0.364. The van der Waals surface area contributed by atoms with Gasteiger partial charge in [0.05, 0.1) is 0 Å². The predicted molar refractivity (Wildman–Crippen MR) is 106 cm³/mol. The molecule has 2 aromatic carbocycles. The van der Waals surface area contributed by atoms with E-state index in [-0.39, 0.29) is 18.2 Å². The van der Waals surface area contributed by atoms with Gasteiger partial charge in [0.1, 0.15) is 6.42 Å². The van der Waals surface area contributed by atoms with Gasteiger partial charge >= 0.3 is 0 Å². The van der Waals surface area contributed by atoms with Gasteiger partial charge in [0.2, 0.25) is 11.8 Å². The highest BCUT2D eigenvalue weighted by Crippen LogP contribution is 2.10. The average Bonchev–Trinajstić information content (AvgIpc) is 2.70. The second-order valence-corrected chi connectivity index (χ2v) is 7.05. The van der Waals surface area contributed by atoms with E-state index in [4.69, 9.17) is 0 Å². The first kappa shape index (κ1) is 19.1. The molecule has 0 unspecified atom stereocenters. The van der Waals surface area contributed by atoms with Crippen molar-refractivity contribution in [2.45, 2.75) is 19.5 Å². The third-order valence-corrected chi connectivity index (χ3v) is 4.96. The Morgan fingerprint density at radius 2 is 1.41 bits per heavy atom. The van der Waals surface area contributed by atoms with Gasteiger partial charge in [-0.1, -0.05) is 60.7 Å². The molecule has 1 aliphatic rings. The molecule has 1 heterocycles. The highest BCUT2D eigenvalue weighted by atomic mass is 16.2. The number of hydrogen-bond acceptors (Lipinski definition) is 3. The van der Waals surface area contributed by atoms with Gasteiger partial charge < -0.3 is 9.80 Å². The van der Waals surface area contributed by atoms with Crippen molar-refractivity contribution in [3.05, 3.63) is 71.8 Å². The van der Waals surface area contributed by atoms with E-state index < -0.39 is 0 Å². The van der Waals surface area contributed by atoms with Crippen molar-refractivity contribution >= 4 is 11.8 Å². The molecule has 0 aromatic heterocycles. The summed E-state index contributed by atoms with van der Waals surface area (Å²) in [6.07, 6.45) is -0.0536. The normalized spacial score (nSPS) is 14.8. The summed E-state index contributed by atoms with van der Waals surface area (Å²) in [6, 6.07) is 20.2. The van der Waals surface area contributed by atoms with Crippen LogP contribution in [-0.4, -0.2) is 59.7 Å². The lowest BCUT2D eigenvalue weighted by molar-refractivity contribution is -0.141. The molecule has 0 atom stereocenters.